The van der Waals surface area contributed by atoms with Crippen LogP contribution < -0.4 is 14.8 Å². The van der Waals surface area contributed by atoms with Crippen molar-refractivity contribution >= 4 is 23.6 Å². The lowest BCUT2D eigenvalue weighted by Gasteiger charge is -2.10. The number of nitrogens with one attached hydrogen (secondary N) is 1. The number of aryl methyl sites for hydroxylation is 1. The summed E-state index contributed by atoms with van der Waals surface area (Å²) in [6.07, 6.45) is 1.41. The van der Waals surface area contributed by atoms with Gasteiger partial charge in [0.25, 0.3) is 5.91 Å². The molecule has 1 amide bonds. The van der Waals surface area contributed by atoms with E-state index in [0.29, 0.717) is 17.0 Å². The molecule has 0 radical (unpaired) electrons. The molecule has 0 aliphatic carbocycles. The summed E-state index contributed by atoms with van der Waals surface area (Å²) in [7, 11) is 1.41. The van der Waals surface area contributed by atoms with Crippen LogP contribution in [0.4, 0.5) is 5.69 Å². The van der Waals surface area contributed by atoms with Gasteiger partial charge in [0.15, 0.2) is 18.1 Å². The second-order valence-electron chi connectivity index (χ2n) is 5.59. The van der Waals surface area contributed by atoms with Gasteiger partial charge in [0.1, 0.15) is 11.6 Å². The van der Waals surface area contributed by atoms with E-state index in [9.17, 15) is 14.9 Å². The van der Waals surface area contributed by atoms with Crippen LogP contribution in [0.3, 0.4) is 0 Å². The fourth-order valence-electron chi connectivity index (χ4n) is 2.27. The monoisotopic (exact) mass is 366 g/mol. The molecule has 0 heterocycles. The Hall–Kier alpha value is -3.79. The topological polar surface area (TPSA) is 109 Å². The molecule has 138 valence electrons. The van der Waals surface area contributed by atoms with Gasteiger partial charge in [-0.2, -0.15) is 5.26 Å². The molecule has 0 bridgehead atoms. The summed E-state index contributed by atoms with van der Waals surface area (Å²) in [4.78, 5) is 22.9. The zero-order valence-electron chi connectivity index (χ0n) is 14.9. The third-order valence-corrected chi connectivity index (χ3v) is 3.49. The van der Waals surface area contributed by atoms with Gasteiger partial charge in [-0.3, -0.25) is 4.79 Å². The highest BCUT2D eigenvalue weighted by Gasteiger charge is 2.12. The average molecular weight is 366 g/mol. The van der Waals surface area contributed by atoms with Crippen molar-refractivity contribution in [1.82, 2.24) is 0 Å². The Morgan fingerprint density at radius 1 is 1.22 bits per heavy atom. The van der Waals surface area contributed by atoms with Gasteiger partial charge < -0.3 is 19.9 Å². The van der Waals surface area contributed by atoms with Gasteiger partial charge in [-0.15, -0.1) is 0 Å². The highest BCUT2D eigenvalue weighted by Crippen LogP contribution is 2.29. The number of nitrogens with zero attached hydrogens (tertiary/aromatic N) is 1. The number of nitriles is 1. The number of benzene rings is 2. The second kappa shape index (κ2) is 9.06. The van der Waals surface area contributed by atoms with Crippen molar-refractivity contribution in [3.05, 3.63) is 59.2 Å². The number of ether oxygens (including phenoxy) is 2. The standard InChI is InChI=1S/C20H18N2O5/c1-13-4-3-5-16(8-13)22-20(25)15(11-21)9-14-6-7-17(18(10-14)26-2)27-12-19(23)24/h3-10H,12H2,1-2H3,(H,22,25)(H,23,24)/b15-9+. The van der Waals surface area contributed by atoms with Crippen LogP contribution in [0.2, 0.25) is 0 Å². The van der Waals surface area contributed by atoms with Crippen LogP contribution in [0, 0.1) is 18.3 Å². The van der Waals surface area contributed by atoms with Crippen molar-refractivity contribution in [2.24, 2.45) is 0 Å². The van der Waals surface area contributed by atoms with Crippen molar-refractivity contribution in [2.45, 2.75) is 6.92 Å². The van der Waals surface area contributed by atoms with Gasteiger partial charge in [-0.25, -0.2) is 4.79 Å². The Balaban J connectivity index is 2.22. The molecule has 27 heavy (non-hydrogen) atoms. The van der Waals surface area contributed by atoms with E-state index in [2.05, 4.69) is 5.32 Å². The molecule has 0 spiro atoms. The van der Waals surface area contributed by atoms with E-state index >= 15 is 0 Å². The number of carbonyl (C=O) groups is 2. The van der Waals surface area contributed by atoms with Crippen molar-refractivity contribution in [3.8, 4) is 17.6 Å². The Morgan fingerprint density at radius 3 is 2.63 bits per heavy atom. The first-order valence-corrected chi connectivity index (χ1v) is 7.95. The number of rotatable bonds is 7. The summed E-state index contributed by atoms with van der Waals surface area (Å²) in [5.74, 6) is -1.10. The Bertz CT molecular complexity index is 928. The zero-order chi connectivity index (χ0) is 19.8. The predicted molar refractivity (Wildman–Crippen MR) is 99.5 cm³/mol. The van der Waals surface area contributed by atoms with Crippen LogP contribution in [0.15, 0.2) is 48.0 Å². The first-order valence-electron chi connectivity index (χ1n) is 7.95. The first-order chi connectivity index (χ1) is 12.9. The summed E-state index contributed by atoms with van der Waals surface area (Å²) in [6.45, 7) is 1.39. The van der Waals surface area contributed by atoms with Crippen LogP contribution in [-0.2, 0) is 9.59 Å². The quantitative estimate of drug-likeness (QED) is 0.576. The van der Waals surface area contributed by atoms with Gasteiger partial charge in [-0.1, -0.05) is 18.2 Å². The predicted octanol–water partition coefficient (Wildman–Crippen LogP) is 3.01. The number of methoxy groups -OCH3 is 1. The molecule has 0 saturated carbocycles. The van der Waals surface area contributed by atoms with Crippen molar-refractivity contribution in [1.29, 1.82) is 5.26 Å². The minimum atomic E-state index is -1.11. The molecule has 7 nitrogen and oxygen atoms in total. The number of aliphatic carboxylic acids is 1. The molecule has 2 N–H and O–H groups in total. The highest BCUT2D eigenvalue weighted by molar-refractivity contribution is 6.09. The molecule has 2 aromatic carbocycles. The van der Waals surface area contributed by atoms with Gasteiger partial charge >= 0.3 is 5.97 Å². The maximum atomic E-state index is 12.3. The highest BCUT2D eigenvalue weighted by atomic mass is 16.5. The van der Waals surface area contributed by atoms with Crippen LogP contribution in [0.1, 0.15) is 11.1 Å². The summed E-state index contributed by atoms with van der Waals surface area (Å²) < 4.78 is 10.3. The minimum absolute atomic E-state index is 0.0854. The van der Waals surface area contributed by atoms with E-state index in [0.717, 1.165) is 5.56 Å². The van der Waals surface area contributed by atoms with Gasteiger partial charge in [0.05, 0.1) is 7.11 Å². The summed E-state index contributed by atoms with van der Waals surface area (Å²) in [6, 6.07) is 13.8. The average Bonchev–Trinajstić information content (AvgIpc) is 2.64. The molecular weight excluding hydrogens is 348 g/mol. The second-order valence-corrected chi connectivity index (χ2v) is 5.59. The SMILES string of the molecule is COc1cc(/C=C(\C#N)C(=O)Nc2cccc(C)c2)ccc1OCC(=O)O. The lowest BCUT2D eigenvalue weighted by Crippen LogP contribution is -2.13. The number of hydrogen-bond donors (Lipinski definition) is 2. The van der Waals surface area contributed by atoms with Crippen molar-refractivity contribution in [3.63, 3.8) is 0 Å². The van der Waals surface area contributed by atoms with E-state index in [4.69, 9.17) is 14.6 Å². The minimum Gasteiger partial charge on any atom is -0.493 e. The van der Waals surface area contributed by atoms with Gasteiger partial charge in [0, 0.05) is 5.69 Å². The zero-order valence-corrected chi connectivity index (χ0v) is 14.9. The van der Waals surface area contributed by atoms with E-state index in [1.54, 1.807) is 30.3 Å². The lowest BCUT2D eigenvalue weighted by molar-refractivity contribution is -0.139. The smallest absolute Gasteiger partial charge is 0.341 e. The van der Waals surface area contributed by atoms with E-state index in [1.165, 1.54) is 19.3 Å². The third kappa shape index (κ3) is 5.61. The van der Waals surface area contributed by atoms with Crippen LogP contribution in [0.5, 0.6) is 11.5 Å². The third-order valence-electron chi connectivity index (χ3n) is 3.49. The van der Waals surface area contributed by atoms with Crippen LogP contribution in [-0.4, -0.2) is 30.7 Å². The maximum absolute atomic E-state index is 12.3. The van der Waals surface area contributed by atoms with E-state index in [-0.39, 0.29) is 11.3 Å². The number of anilines is 1. The number of carbonyl (C=O) groups excluding carboxylic acids is 1. The van der Waals surface area contributed by atoms with Crippen LogP contribution in [0.25, 0.3) is 6.08 Å². The lowest BCUT2D eigenvalue weighted by atomic mass is 10.1. The molecule has 0 atom stereocenters. The molecule has 7 heteroatoms. The maximum Gasteiger partial charge on any atom is 0.341 e. The summed E-state index contributed by atoms with van der Waals surface area (Å²) >= 11 is 0. The fourth-order valence-corrected chi connectivity index (χ4v) is 2.27. The largest absolute Gasteiger partial charge is 0.493 e. The molecule has 0 unspecified atom stereocenters. The molecular formula is C20H18N2O5. The molecule has 0 aliphatic heterocycles. The number of hydrogen-bond acceptors (Lipinski definition) is 5. The Labute approximate surface area is 156 Å². The van der Waals surface area contributed by atoms with E-state index < -0.39 is 18.5 Å². The van der Waals surface area contributed by atoms with Gasteiger partial charge in [0.2, 0.25) is 0 Å². The summed E-state index contributed by atoms with van der Waals surface area (Å²) in [5.41, 5.74) is 2.02. The normalized spacial score (nSPS) is 10.6. The number of amides is 1. The van der Waals surface area contributed by atoms with Gasteiger partial charge in [-0.05, 0) is 48.4 Å². The molecule has 2 rings (SSSR count). The Morgan fingerprint density at radius 2 is 2.00 bits per heavy atom. The summed E-state index contributed by atoms with van der Waals surface area (Å²) in [5, 5.41) is 20.7. The van der Waals surface area contributed by atoms with Crippen LogP contribution >= 0.6 is 0 Å². The first kappa shape index (κ1) is 19.5. The van der Waals surface area contributed by atoms with Crippen molar-refractivity contribution < 1.29 is 24.2 Å². The molecule has 0 fully saturated rings. The van der Waals surface area contributed by atoms with Crippen molar-refractivity contribution in [2.75, 3.05) is 19.0 Å². The molecule has 0 aliphatic rings. The Kier molecular flexibility index (Phi) is 6.55. The number of carboxylic acid groups (broad SMARTS) is 1. The van der Waals surface area contributed by atoms with E-state index in [1.807, 2.05) is 19.1 Å². The number of carboxylic acids is 1. The molecule has 0 aromatic heterocycles. The fraction of sp³-hybridized carbons (Fsp3) is 0.150. The molecule has 2 aromatic rings. The molecule has 0 saturated heterocycles.